The average molecular weight is 263 g/mol. The van der Waals surface area contributed by atoms with Crippen LogP contribution in [-0.2, 0) is 0 Å². The highest BCUT2D eigenvalue weighted by molar-refractivity contribution is 5.76. The molecule has 0 spiro atoms. The maximum Gasteiger partial charge on any atom is 0.175 e. The normalized spacial score (nSPS) is 10.2. The zero-order valence-corrected chi connectivity index (χ0v) is 11.0. The third-order valence-electron chi connectivity index (χ3n) is 3.02. The van der Waals surface area contributed by atoms with Crippen LogP contribution in [-0.4, -0.2) is 22.5 Å². The lowest BCUT2D eigenvalue weighted by molar-refractivity contribution is 0.412. The van der Waals surface area contributed by atoms with Gasteiger partial charge in [0.2, 0.25) is 0 Å². The first-order valence-corrected chi connectivity index (χ1v) is 6.28. The number of nitrogens with zero attached hydrogens (tertiary/aromatic N) is 3. The first-order valence-electron chi connectivity index (χ1n) is 6.28. The molecular formula is C16H13N3O. The third-order valence-corrected chi connectivity index (χ3v) is 3.02. The van der Waals surface area contributed by atoms with E-state index in [1.807, 2.05) is 60.7 Å². The van der Waals surface area contributed by atoms with Crippen LogP contribution in [0.3, 0.4) is 0 Å². The van der Waals surface area contributed by atoms with Crippen LogP contribution in [0.5, 0.6) is 5.75 Å². The van der Waals surface area contributed by atoms with Gasteiger partial charge in [0.1, 0.15) is 11.4 Å². The molecule has 20 heavy (non-hydrogen) atoms. The van der Waals surface area contributed by atoms with Gasteiger partial charge in [-0.3, -0.25) is 0 Å². The van der Waals surface area contributed by atoms with Crippen LogP contribution in [0.4, 0.5) is 0 Å². The van der Waals surface area contributed by atoms with E-state index >= 15 is 0 Å². The smallest absolute Gasteiger partial charge is 0.175 e. The summed E-state index contributed by atoms with van der Waals surface area (Å²) in [5, 5.41) is 12.1. The maximum absolute atomic E-state index is 5.52. The lowest BCUT2D eigenvalue weighted by Crippen LogP contribution is -2.00. The zero-order valence-electron chi connectivity index (χ0n) is 11.0. The first kappa shape index (κ1) is 12.3. The van der Waals surface area contributed by atoms with Gasteiger partial charge < -0.3 is 4.74 Å². The lowest BCUT2D eigenvalue weighted by Gasteiger charge is -2.10. The molecule has 1 aromatic heterocycles. The van der Waals surface area contributed by atoms with Gasteiger partial charge in [-0.05, 0) is 5.21 Å². The highest BCUT2D eigenvalue weighted by Crippen LogP contribution is 2.34. The van der Waals surface area contributed by atoms with Crippen LogP contribution in [0.2, 0.25) is 0 Å². The van der Waals surface area contributed by atoms with Crippen molar-refractivity contribution in [1.29, 1.82) is 0 Å². The van der Waals surface area contributed by atoms with Crippen molar-refractivity contribution >= 4 is 0 Å². The second-order valence-electron chi connectivity index (χ2n) is 4.25. The van der Waals surface area contributed by atoms with Crippen LogP contribution in [0, 0.1) is 0 Å². The summed E-state index contributed by atoms with van der Waals surface area (Å²) in [6, 6.07) is 19.6. The van der Waals surface area contributed by atoms with Crippen LogP contribution in [0.1, 0.15) is 0 Å². The molecule has 0 radical (unpaired) electrons. The Labute approximate surface area is 117 Å². The second-order valence-corrected chi connectivity index (χ2v) is 4.25. The highest BCUT2D eigenvalue weighted by atomic mass is 16.5. The van der Waals surface area contributed by atoms with Gasteiger partial charge in [0.15, 0.2) is 5.75 Å². The molecule has 0 atom stereocenters. The quantitative estimate of drug-likeness (QED) is 0.728. The molecule has 3 rings (SSSR count). The molecule has 0 unspecified atom stereocenters. The minimum atomic E-state index is 0.636. The van der Waals surface area contributed by atoms with Gasteiger partial charge in [-0.15, -0.1) is 10.2 Å². The van der Waals surface area contributed by atoms with Crippen LogP contribution >= 0.6 is 0 Å². The molecule has 0 fully saturated rings. The molecule has 3 aromatic rings. The van der Waals surface area contributed by atoms with Gasteiger partial charge in [0.25, 0.3) is 0 Å². The Hall–Kier alpha value is -2.75. The standard InChI is InChI=1S/C16H13N3O/c1-20-16-14(12-8-4-2-5-9-12)17-19-18-15(16)13-10-6-3-7-11-13/h2-11H,1H3. The lowest BCUT2D eigenvalue weighted by atomic mass is 10.1. The van der Waals surface area contributed by atoms with Crippen molar-refractivity contribution in [1.82, 2.24) is 15.4 Å². The summed E-state index contributed by atoms with van der Waals surface area (Å²) in [5.41, 5.74) is 3.30. The molecule has 0 bridgehead atoms. The van der Waals surface area contributed by atoms with Crippen molar-refractivity contribution in [2.45, 2.75) is 0 Å². The van der Waals surface area contributed by atoms with Crippen LogP contribution < -0.4 is 4.74 Å². The van der Waals surface area contributed by atoms with Gasteiger partial charge in [-0.2, -0.15) is 0 Å². The number of hydrogen-bond donors (Lipinski definition) is 0. The molecule has 0 saturated heterocycles. The minimum Gasteiger partial charge on any atom is -0.492 e. The summed E-state index contributed by atoms with van der Waals surface area (Å²) in [6.45, 7) is 0. The molecule has 0 aliphatic rings. The molecule has 0 amide bonds. The summed E-state index contributed by atoms with van der Waals surface area (Å²) in [4.78, 5) is 0. The zero-order chi connectivity index (χ0) is 13.8. The molecule has 0 saturated carbocycles. The number of benzene rings is 2. The molecule has 98 valence electrons. The molecular weight excluding hydrogens is 250 g/mol. The Morgan fingerprint density at radius 2 is 1.15 bits per heavy atom. The predicted octanol–water partition coefficient (Wildman–Crippen LogP) is 3.21. The largest absolute Gasteiger partial charge is 0.492 e. The SMILES string of the molecule is COc1c(-c2ccccc2)nnnc1-c1ccccc1. The molecule has 0 aliphatic heterocycles. The summed E-state index contributed by atoms with van der Waals surface area (Å²) in [7, 11) is 1.62. The fourth-order valence-corrected chi connectivity index (χ4v) is 2.08. The molecule has 4 nitrogen and oxygen atoms in total. The maximum atomic E-state index is 5.52. The fraction of sp³-hybridized carbons (Fsp3) is 0.0625. The Morgan fingerprint density at radius 3 is 1.55 bits per heavy atom. The second kappa shape index (κ2) is 5.48. The highest BCUT2D eigenvalue weighted by Gasteiger charge is 2.16. The van der Waals surface area contributed by atoms with E-state index in [1.165, 1.54) is 0 Å². The molecule has 0 N–H and O–H groups in total. The molecule has 4 heteroatoms. The van der Waals surface area contributed by atoms with Gasteiger partial charge in [-0.1, -0.05) is 60.7 Å². The number of methoxy groups -OCH3 is 1. The number of rotatable bonds is 3. The Kier molecular flexibility index (Phi) is 3.37. The summed E-state index contributed by atoms with van der Waals surface area (Å²) >= 11 is 0. The van der Waals surface area contributed by atoms with Crippen molar-refractivity contribution in [3.8, 4) is 28.3 Å². The van der Waals surface area contributed by atoms with E-state index < -0.39 is 0 Å². The van der Waals surface area contributed by atoms with E-state index in [2.05, 4.69) is 15.4 Å². The van der Waals surface area contributed by atoms with Gasteiger partial charge in [0, 0.05) is 11.1 Å². The van der Waals surface area contributed by atoms with Crippen molar-refractivity contribution in [3.05, 3.63) is 60.7 Å². The van der Waals surface area contributed by atoms with E-state index in [0.717, 1.165) is 11.1 Å². The van der Waals surface area contributed by atoms with E-state index in [4.69, 9.17) is 4.74 Å². The Bertz CT molecular complexity index is 642. The van der Waals surface area contributed by atoms with Crippen molar-refractivity contribution < 1.29 is 4.74 Å². The van der Waals surface area contributed by atoms with Gasteiger partial charge in [-0.25, -0.2) is 0 Å². The van der Waals surface area contributed by atoms with E-state index in [0.29, 0.717) is 17.1 Å². The number of hydrogen-bond acceptors (Lipinski definition) is 4. The van der Waals surface area contributed by atoms with Crippen molar-refractivity contribution in [3.63, 3.8) is 0 Å². The Balaban J connectivity index is 2.19. The summed E-state index contributed by atoms with van der Waals surface area (Å²) in [6.07, 6.45) is 0. The molecule has 0 aliphatic carbocycles. The third kappa shape index (κ3) is 2.23. The first-order chi connectivity index (χ1) is 9.90. The fourth-order valence-electron chi connectivity index (χ4n) is 2.08. The van der Waals surface area contributed by atoms with Crippen molar-refractivity contribution in [2.75, 3.05) is 7.11 Å². The van der Waals surface area contributed by atoms with Gasteiger partial charge in [0.05, 0.1) is 7.11 Å². The van der Waals surface area contributed by atoms with Crippen LogP contribution in [0.15, 0.2) is 60.7 Å². The molecule has 2 aromatic carbocycles. The van der Waals surface area contributed by atoms with E-state index in [1.54, 1.807) is 7.11 Å². The summed E-state index contributed by atoms with van der Waals surface area (Å²) in [5.74, 6) is 0.636. The molecule has 1 heterocycles. The van der Waals surface area contributed by atoms with E-state index in [-0.39, 0.29) is 0 Å². The Morgan fingerprint density at radius 1 is 0.700 bits per heavy atom. The van der Waals surface area contributed by atoms with E-state index in [9.17, 15) is 0 Å². The topological polar surface area (TPSA) is 47.9 Å². The number of ether oxygens (including phenoxy) is 1. The van der Waals surface area contributed by atoms with Crippen molar-refractivity contribution in [2.24, 2.45) is 0 Å². The average Bonchev–Trinajstić information content (AvgIpc) is 2.55. The number of aromatic nitrogens is 3. The monoisotopic (exact) mass is 263 g/mol. The minimum absolute atomic E-state index is 0.636. The predicted molar refractivity (Wildman–Crippen MR) is 77.3 cm³/mol. The summed E-state index contributed by atoms with van der Waals surface area (Å²) < 4.78 is 5.52. The van der Waals surface area contributed by atoms with Gasteiger partial charge >= 0.3 is 0 Å². The van der Waals surface area contributed by atoms with Crippen LogP contribution in [0.25, 0.3) is 22.5 Å².